The summed E-state index contributed by atoms with van der Waals surface area (Å²) in [5.41, 5.74) is 1.08. The van der Waals surface area contributed by atoms with E-state index in [9.17, 15) is 22.0 Å². The number of benzene rings is 2. The second-order valence-electron chi connectivity index (χ2n) is 5.07. The number of carbonyl (C=O) groups excluding carboxylic acids is 1. The maximum absolute atomic E-state index is 12.0. The summed E-state index contributed by atoms with van der Waals surface area (Å²) in [4.78, 5) is 12.0. The molecule has 0 bridgehead atoms. The van der Waals surface area contributed by atoms with Crippen molar-refractivity contribution in [3.8, 4) is 5.75 Å². The van der Waals surface area contributed by atoms with Gasteiger partial charge in [0.15, 0.2) is 9.84 Å². The van der Waals surface area contributed by atoms with Gasteiger partial charge in [-0.2, -0.15) is 8.78 Å². The molecule has 2 aromatic carbocycles. The monoisotopic (exact) mass is 367 g/mol. The first kappa shape index (κ1) is 18.6. The van der Waals surface area contributed by atoms with Crippen LogP contribution in [0.3, 0.4) is 0 Å². The highest BCUT2D eigenvalue weighted by Crippen LogP contribution is 2.16. The fraction of sp³-hybridized carbons (Fsp3) is 0.118. The molecule has 2 rings (SSSR count). The molecule has 132 valence electrons. The third-order valence-corrected chi connectivity index (χ3v) is 4.21. The van der Waals surface area contributed by atoms with E-state index in [0.29, 0.717) is 11.3 Å². The van der Waals surface area contributed by atoms with Crippen molar-refractivity contribution in [2.75, 3.05) is 11.6 Å². The first-order chi connectivity index (χ1) is 11.7. The lowest BCUT2D eigenvalue weighted by Crippen LogP contribution is -2.08. The number of ether oxygens (including phenoxy) is 1. The molecule has 0 atom stereocenters. The Morgan fingerprint density at radius 2 is 1.68 bits per heavy atom. The Balaban J connectivity index is 1.96. The molecule has 5 nitrogen and oxygen atoms in total. The predicted molar refractivity (Wildman–Crippen MR) is 90.3 cm³/mol. The molecular weight excluding hydrogens is 352 g/mol. The number of amides is 1. The molecule has 0 saturated heterocycles. The van der Waals surface area contributed by atoms with Gasteiger partial charge in [0.25, 0.3) is 0 Å². The third kappa shape index (κ3) is 6.00. The maximum Gasteiger partial charge on any atom is 0.387 e. The number of carbonyl (C=O) groups is 1. The van der Waals surface area contributed by atoms with E-state index in [0.717, 1.165) is 6.26 Å². The van der Waals surface area contributed by atoms with Crippen LogP contribution in [0, 0.1) is 0 Å². The number of hydrogen-bond acceptors (Lipinski definition) is 4. The Labute approximate surface area is 143 Å². The highest BCUT2D eigenvalue weighted by atomic mass is 32.2. The van der Waals surface area contributed by atoms with Crippen LogP contribution in [0.15, 0.2) is 59.5 Å². The highest BCUT2D eigenvalue weighted by Gasteiger charge is 2.07. The fourth-order valence-electron chi connectivity index (χ4n) is 1.90. The second-order valence-corrected chi connectivity index (χ2v) is 7.08. The minimum Gasteiger partial charge on any atom is -0.435 e. The van der Waals surface area contributed by atoms with Crippen molar-refractivity contribution in [3.05, 3.63) is 60.2 Å². The SMILES string of the molecule is CS(=O)(=O)c1ccc(NC(=O)/C=C/c2ccc(OC(F)F)cc2)cc1. The molecule has 0 fully saturated rings. The van der Waals surface area contributed by atoms with E-state index in [1.54, 1.807) is 0 Å². The topological polar surface area (TPSA) is 72.5 Å². The summed E-state index contributed by atoms with van der Waals surface area (Å²) in [6, 6.07) is 11.6. The van der Waals surface area contributed by atoms with Crippen LogP contribution in [0.4, 0.5) is 14.5 Å². The Hall–Kier alpha value is -2.74. The van der Waals surface area contributed by atoms with Gasteiger partial charge >= 0.3 is 6.61 Å². The van der Waals surface area contributed by atoms with Crippen LogP contribution in [-0.4, -0.2) is 27.2 Å². The third-order valence-electron chi connectivity index (χ3n) is 3.08. The van der Waals surface area contributed by atoms with Gasteiger partial charge < -0.3 is 10.1 Å². The summed E-state index contributed by atoms with van der Waals surface area (Å²) in [5.74, 6) is -0.386. The molecule has 0 unspecified atom stereocenters. The molecule has 2 aromatic rings. The molecular formula is C17H15F2NO4S. The zero-order valence-corrected chi connectivity index (χ0v) is 14.0. The van der Waals surface area contributed by atoms with Crippen molar-refractivity contribution >= 4 is 27.5 Å². The first-order valence-corrected chi connectivity index (χ1v) is 8.97. The Morgan fingerprint density at radius 3 is 2.20 bits per heavy atom. The number of anilines is 1. The number of sulfone groups is 1. The van der Waals surface area contributed by atoms with E-state index in [1.165, 1.54) is 60.7 Å². The van der Waals surface area contributed by atoms with Gasteiger partial charge in [-0.25, -0.2) is 8.42 Å². The molecule has 8 heteroatoms. The molecule has 1 N–H and O–H groups in total. The lowest BCUT2D eigenvalue weighted by molar-refractivity contribution is -0.111. The minimum atomic E-state index is -3.29. The van der Waals surface area contributed by atoms with E-state index < -0.39 is 22.4 Å². The van der Waals surface area contributed by atoms with Gasteiger partial charge in [0.1, 0.15) is 5.75 Å². The van der Waals surface area contributed by atoms with Crippen molar-refractivity contribution in [2.45, 2.75) is 11.5 Å². The van der Waals surface area contributed by atoms with Crippen molar-refractivity contribution in [1.29, 1.82) is 0 Å². The average Bonchev–Trinajstić information content (AvgIpc) is 2.53. The molecule has 0 radical (unpaired) electrons. The van der Waals surface area contributed by atoms with Crippen LogP contribution in [0.25, 0.3) is 6.08 Å². The smallest absolute Gasteiger partial charge is 0.387 e. The molecule has 0 aliphatic rings. The number of alkyl halides is 2. The fourth-order valence-corrected chi connectivity index (χ4v) is 2.53. The molecule has 0 aromatic heterocycles. The molecule has 1 amide bonds. The number of nitrogens with one attached hydrogen (secondary N) is 1. The van der Waals surface area contributed by atoms with E-state index in [-0.39, 0.29) is 10.6 Å². The second kappa shape index (κ2) is 7.89. The molecule has 0 heterocycles. The van der Waals surface area contributed by atoms with Crippen LogP contribution in [0.1, 0.15) is 5.56 Å². The zero-order chi connectivity index (χ0) is 18.4. The van der Waals surface area contributed by atoms with Gasteiger partial charge in [0.05, 0.1) is 4.90 Å². The van der Waals surface area contributed by atoms with Crippen LogP contribution in [0.5, 0.6) is 5.75 Å². The van der Waals surface area contributed by atoms with E-state index in [2.05, 4.69) is 10.1 Å². The molecule has 25 heavy (non-hydrogen) atoms. The van der Waals surface area contributed by atoms with Gasteiger partial charge in [-0.3, -0.25) is 4.79 Å². The van der Waals surface area contributed by atoms with Crippen molar-refractivity contribution in [2.24, 2.45) is 0 Å². The lowest BCUT2D eigenvalue weighted by atomic mass is 10.2. The van der Waals surface area contributed by atoms with Crippen LogP contribution in [0.2, 0.25) is 0 Å². The summed E-state index contributed by atoms with van der Waals surface area (Å²) in [5, 5.41) is 2.58. The van der Waals surface area contributed by atoms with Crippen molar-refractivity contribution in [3.63, 3.8) is 0 Å². The standard InChI is InChI=1S/C17H15F2NO4S/c1-25(22,23)15-9-5-13(6-10-15)20-16(21)11-4-12-2-7-14(8-3-12)24-17(18)19/h2-11,17H,1H3,(H,20,21)/b11-4+. The maximum atomic E-state index is 12.0. The van der Waals surface area contributed by atoms with Gasteiger partial charge in [0, 0.05) is 18.0 Å². The quantitative estimate of drug-likeness (QED) is 0.795. The van der Waals surface area contributed by atoms with Crippen LogP contribution >= 0.6 is 0 Å². The number of halogens is 2. The van der Waals surface area contributed by atoms with Gasteiger partial charge in [-0.15, -0.1) is 0 Å². The Morgan fingerprint density at radius 1 is 1.08 bits per heavy atom. The van der Waals surface area contributed by atoms with Gasteiger partial charge in [-0.1, -0.05) is 12.1 Å². The van der Waals surface area contributed by atoms with Crippen molar-refractivity contribution < 1.29 is 26.7 Å². The highest BCUT2D eigenvalue weighted by molar-refractivity contribution is 7.90. The molecule has 0 saturated carbocycles. The average molecular weight is 367 g/mol. The Kier molecular flexibility index (Phi) is 5.87. The molecule has 0 aliphatic carbocycles. The van der Waals surface area contributed by atoms with Crippen molar-refractivity contribution in [1.82, 2.24) is 0 Å². The van der Waals surface area contributed by atoms with Gasteiger partial charge in [0.2, 0.25) is 5.91 Å². The largest absolute Gasteiger partial charge is 0.435 e. The Bertz CT molecular complexity index is 861. The summed E-state index contributed by atoms with van der Waals surface area (Å²) in [6.45, 7) is -2.89. The summed E-state index contributed by atoms with van der Waals surface area (Å²) in [6.07, 6.45) is 3.88. The van der Waals surface area contributed by atoms with E-state index in [4.69, 9.17) is 0 Å². The van der Waals surface area contributed by atoms with Crippen LogP contribution < -0.4 is 10.1 Å². The summed E-state index contributed by atoms with van der Waals surface area (Å²) >= 11 is 0. The van der Waals surface area contributed by atoms with E-state index in [1.807, 2.05) is 0 Å². The molecule has 0 aliphatic heterocycles. The zero-order valence-electron chi connectivity index (χ0n) is 13.1. The number of rotatable bonds is 6. The van der Waals surface area contributed by atoms with Gasteiger partial charge in [-0.05, 0) is 48.0 Å². The molecule has 0 spiro atoms. The lowest BCUT2D eigenvalue weighted by Gasteiger charge is -2.04. The minimum absolute atomic E-state index is 0.0302. The summed E-state index contributed by atoms with van der Waals surface area (Å²) < 4.78 is 51.0. The normalized spacial score (nSPS) is 11.7. The van der Waals surface area contributed by atoms with E-state index >= 15 is 0 Å². The van der Waals surface area contributed by atoms with Crippen LogP contribution in [-0.2, 0) is 14.6 Å². The number of hydrogen-bond donors (Lipinski definition) is 1. The predicted octanol–water partition coefficient (Wildman–Crippen LogP) is 3.34. The summed E-state index contributed by atoms with van der Waals surface area (Å²) in [7, 11) is -3.29. The first-order valence-electron chi connectivity index (χ1n) is 7.08.